The Morgan fingerprint density at radius 3 is 2.63 bits per heavy atom. The maximum atomic E-state index is 13.2. The molecule has 3 amide bonds. The fourth-order valence-corrected chi connectivity index (χ4v) is 4.09. The largest absolute Gasteiger partial charge is 0.454 e. The Labute approximate surface area is 174 Å². The van der Waals surface area contributed by atoms with Crippen molar-refractivity contribution in [3.63, 3.8) is 0 Å². The van der Waals surface area contributed by atoms with E-state index in [4.69, 9.17) is 9.47 Å². The zero-order valence-corrected chi connectivity index (χ0v) is 16.7. The maximum absolute atomic E-state index is 13.2. The van der Waals surface area contributed by atoms with E-state index in [2.05, 4.69) is 20.1 Å². The van der Waals surface area contributed by atoms with Crippen LogP contribution in [0.1, 0.15) is 12.5 Å². The third-order valence-corrected chi connectivity index (χ3v) is 5.91. The summed E-state index contributed by atoms with van der Waals surface area (Å²) in [6.07, 6.45) is 1.78. The first kappa shape index (κ1) is 18.7. The van der Waals surface area contributed by atoms with Gasteiger partial charge in [0.15, 0.2) is 11.5 Å². The van der Waals surface area contributed by atoms with E-state index in [0.717, 1.165) is 32.0 Å². The summed E-state index contributed by atoms with van der Waals surface area (Å²) in [7, 11) is 0. The highest BCUT2D eigenvalue weighted by Gasteiger charge is 2.49. The normalized spacial score (nSPS) is 23.8. The van der Waals surface area contributed by atoms with Gasteiger partial charge in [-0.15, -0.1) is 0 Å². The van der Waals surface area contributed by atoms with Crippen LogP contribution in [0.5, 0.6) is 11.5 Å². The number of piperazine rings is 1. The highest BCUT2D eigenvalue weighted by molar-refractivity contribution is 6.07. The molecule has 1 atom stereocenters. The molecule has 9 nitrogen and oxygen atoms in total. The van der Waals surface area contributed by atoms with Crippen molar-refractivity contribution in [1.29, 1.82) is 0 Å². The molecule has 0 aliphatic carbocycles. The summed E-state index contributed by atoms with van der Waals surface area (Å²) in [4.78, 5) is 35.9. The summed E-state index contributed by atoms with van der Waals surface area (Å²) in [6.45, 7) is 5.22. The van der Waals surface area contributed by atoms with Crippen LogP contribution in [0, 0.1) is 0 Å². The summed E-state index contributed by atoms with van der Waals surface area (Å²) >= 11 is 0. The highest BCUT2D eigenvalue weighted by atomic mass is 16.7. The molecule has 1 aromatic carbocycles. The average Bonchev–Trinajstić information content (AvgIpc) is 3.33. The number of hydrogen-bond acceptors (Lipinski definition) is 7. The Kier molecular flexibility index (Phi) is 4.47. The Morgan fingerprint density at radius 2 is 1.87 bits per heavy atom. The molecule has 2 aromatic rings. The van der Waals surface area contributed by atoms with Crippen molar-refractivity contribution in [2.24, 2.45) is 0 Å². The van der Waals surface area contributed by atoms with Crippen LogP contribution in [0.2, 0.25) is 0 Å². The number of fused-ring (bicyclic) bond motifs is 1. The van der Waals surface area contributed by atoms with Gasteiger partial charge in [0.05, 0.1) is 6.67 Å². The van der Waals surface area contributed by atoms with Crippen LogP contribution in [0.15, 0.2) is 42.6 Å². The monoisotopic (exact) mass is 409 g/mol. The number of aromatic nitrogens is 1. The molecule has 9 heteroatoms. The van der Waals surface area contributed by atoms with E-state index in [9.17, 15) is 9.59 Å². The van der Waals surface area contributed by atoms with Crippen molar-refractivity contribution in [2.45, 2.75) is 12.5 Å². The summed E-state index contributed by atoms with van der Waals surface area (Å²) in [5, 5.41) is 2.86. The molecular formula is C21H23N5O4. The van der Waals surface area contributed by atoms with Crippen molar-refractivity contribution >= 4 is 17.8 Å². The van der Waals surface area contributed by atoms with Crippen molar-refractivity contribution in [3.8, 4) is 11.5 Å². The molecule has 0 spiro atoms. The van der Waals surface area contributed by atoms with Gasteiger partial charge >= 0.3 is 6.03 Å². The van der Waals surface area contributed by atoms with Crippen LogP contribution in [0.25, 0.3) is 0 Å². The topological polar surface area (TPSA) is 87.2 Å². The summed E-state index contributed by atoms with van der Waals surface area (Å²) in [5.41, 5.74) is -0.457. The minimum Gasteiger partial charge on any atom is -0.454 e. The van der Waals surface area contributed by atoms with Crippen LogP contribution in [-0.2, 0) is 10.3 Å². The molecule has 30 heavy (non-hydrogen) atoms. The number of pyridine rings is 1. The average molecular weight is 409 g/mol. The molecule has 2 saturated heterocycles. The number of hydrogen-bond donors (Lipinski definition) is 1. The molecule has 3 aliphatic heterocycles. The third kappa shape index (κ3) is 3.11. The molecule has 1 N–H and O–H groups in total. The highest BCUT2D eigenvalue weighted by Crippen LogP contribution is 2.37. The summed E-state index contributed by atoms with van der Waals surface area (Å²) in [5.74, 6) is 1.91. The van der Waals surface area contributed by atoms with Crippen LogP contribution in [0.3, 0.4) is 0 Å². The summed E-state index contributed by atoms with van der Waals surface area (Å²) < 4.78 is 10.8. The van der Waals surface area contributed by atoms with Crippen LogP contribution in [-0.4, -0.2) is 66.4 Å². The van der Waals surface area contributed by atoms with Gasteiger partial charge < -0.3 is 19.7 Å². The third-order valence-electron chi connectivity index (χ3n) is 5.91. The van der Waals surface area contributed by atoms with E-state index in [-0.39, 0.29) is 25.4 Å². The van der Waals surface area contributed by atoms with E-state index < -0.39 is 5.54 Å². The Bertz CT molecular complexity index is 977. The lowest BCUT2D eigenvalue weighted by Crippen LogP contribution is -2.51. The lowest BCUT2D eigenvalue weighted by molar-refractivity contribution is -0.132. The van der Waals surface area contributed by atoms with Gasteiger partial charge in [-0.05, 0) is 36.8 Å². The van der Waals surface area contributed by atoms with Gasteiger partial charge in [-0.1, -0.05) is 12.1 Å². The number of nitrogens with zero attached hydrogens (tertiary/aromatic N) is 4. The number of amides is 3. The van der Waals surface area contributed by atoms with Gasteiger partial charge in [-0.3, -0.25) is 9.69 Å². The zero-order valence-electron chi connectivity index (χ0n) is 16.7. The second kappa shape index (κ2) is 7.17. The zero-order chi connectivity index (χ0) is 20.7. The lowest BCUT2D eigenvalue weighted by atomic mass is 9.92. The van der Waals surface area contributed by atoms with Crippen molar-refractivity contribution in [1.82, 2.24) is 20.1 Å². The number of carbonyl (C=O) groups is 2. The molecular weight excluding hydrogens is 386 g/mol. The number of anilines is 1. The number of nitrogens with one attached hydrogen (secondary N) is 1. The number of urea groups is 1. The molecule has 0 saturated carbocycles. The minimum atomic E-state index is -1.13. The van der Waals surface area contributed by atoms with E-state index >= 15 is 0 Å². The first-order valence-electron chi connectivity index (χ1n) is 9.97. The van der Waals surface area contributed by atoms with E-state index in [1.807, 2.05) is 18.2 Å². The first-order chi connectivity index (χ1) is 14.5. The number of benzene rings is 1. The second-order valence-electron chi connectivity index (χ2n) is 7.79. The molecule has 5 rings (SSSR count). The number of rotatable bonds is 4. The smallest absolute Gasteiger partial charge is 0.326 e. The Hall–Kier alpha value is -3.33. The summed E-state index contributed by atoms with van der Waals surface area (Å²) in [6, 6.07) is 10.8. The second-order valence-corrected chi connectivity index (χ2v) is 7.79. The van der Waals surface area contributed by atoms with Crippen LogP contribution >= 0.6 is 0 Å². The lowest BCUT2D eigenvalue weighted by Gasteiger charge is -2.36. The van der Waals surface area contributed by atoms with Gasteiger partial charge in [-0.25, -0.2) is 14.7 Å². The molecule has 2 fully saturated rings. The van der Waals surface area contributed by atoms with Gasteiger partial charge in [0, 0.05) is 32.4 Å². The predicted octanol–water partition coefficient (Wildman–Crippen LogP) is 1.36. The molecule has 3 aliphatic rings. The van der Waals surface area contributed by atoms with Gasteiger partial charge in [0.1, 0.15) is 11.4 Å². The molecule has 0 bridgehead atoms. The number of imide groups is 1. The fraction of sp³-hybridized carbons (Fsp3) is 0.381. The van der Waals surface area contributed by atoms with E-state index in [1.54, 1.807) is 31.3 Å². The standard InChI is InChI=1S/C21H23N5O4/c1-21(15-5-6-16-17(12-15)30-14-29-16)19(27)26(20(28)23-21)13-24-8-10-25(11-9-24)18-4-2-3-7-22-18/h2-7,12H,8-11,13-14H2,1H3,(H,23,28)/t21-/m1/s1. The van der Waals surface area contributed by atoms with Gasteiger partial charge in [0.25, 0.3) is 5.91 Å². The maximum Gasteiger partial charge on any atom is 0.326 e. The molecule has 0 unspecified atom stereocenters. The predicted molar refractivity (Wildman–Crippen MR) is 108 cm³/mol. The Balaban J connectivity index is 1.26. The fourth-order valence-electron chi connectivity index (χ4n) is 4.09. The Morgan fingerprint density at radius 1 is 1.07 bits per heavy atom. The first-order valence-corrected chi connectivity index (χ1v) is 9.97. The molecule has 4 heterocycles. The van der Waals surface area contributed by atoms with Crippen LogP contribution in [0.4, 0.5) is 10.6 Å². The van der Waals surface area contributed by atoms with Crippen molar-refractivity contribution < 1.29 is 19.1 Å². The van der Waals surface area contributed by atoms with Crippen LogP contribution < -0.4 is 19.7 Å². The number of carbonyl (C=O) groups excluding carboxylic acids is 2. The molecule has 1 aromatic heterocycles. The van der Waals surface area contributed by atoms with Crippen molar-refractivity contribution in [2.75, 3.05) is 44.5 Å². The molecule has 156 valence electrons. The van der Waals surface area contributed by atoms with E-state index in [1.165, 1.54) is 4.90 Å². The van der Waals surface area contributed by atoms with E-state index in [0.29, 0.717) is 17.1 Å². The van der Waals surface area contributed by atoms with Gasteiger partial charge in [0.2, 0.25) is 6.79 Å². The van der Waals surface area contributed by atoms with Crippen molar-refractivity contribution in [3.05, 3.63) is 48.2 Å². The minimum absolute atomic E-state index is 0.159. The number of ether oxygens (including phenoxy) is 2. The van der Waals surface area contributed by atoms with Gasteiger partial charge in [-0.2, -0.15) is 0 Å². The SMILES string of the molecule is C[C@]1(c2ccc3c(c2)OCO3)NC(=O)N(CN2CCN(c3ccccn3)CC2)C1=O. The molecule has 0 radical (unpaired) electrons. The quantitative estimate of drug-likeness (QED) is 0.763.